The summed E-state index contributed by atoms with van der Waals surface area (Å²) in [6.45, 7) is -3.00. The zero-order valence-electron chi connectivity index (χ0n) is 6.85. The Balaban J connectivity index is 2.73. The van der Waals surface area contributed by atoms with E-state index in [9.17, 15) is 13.6 Å². The molecule has 1 heterocycles. The van der Waals surface area contributed by atoms with Crippen molar-refractivity contribution in [2.75, 3.05) is 0 Å². The van der Waals surface area contributed by atoms with Crippen molar-refractivity contribution in [3.63, 3.8) is 0 Å². The molecule has 1 aromatic heterocycles. The number of carbonyl (C=O) groups is 1. The molecule has 7 heteroatoms. The van der Waals surface area contributed by atoms with Crippen molar-refractivity contribution >= 4 is 5.97 Å². The number of carboxylic acid groups (broad SMARTS) is 1. The number of alkyl halides is 2. The lowest BCUT2D eigenvalue weighted by molar-refractivity contribution is -0.136. The Morgan fingerprint density at radius 3 is 2.86 bits per heavy atom. The Bertz CT molecular complexity index is 332. The van der Waals surface area contributed by atoms with Gasteiger partial charge in [0, 0.05) is 6.20 Å². The van der Waals surface area contributed by atoms with Crippen molar-refractivity contribution in [1.82, 2.24) is 9.97 Å². The van der Waals surface area contributed by atoms with E-state index in [-0.39, 0.29) is 12.1 Å². The lowest BCUT2D eigenvalue weighted by Crippen LogP contribution is -2.07. The number of halogens is 2. The molecule has 0 bridgehead atoms. The molecule has 1 rings (SSSR count). The van der Waals surface area contributed by atoms with Crippen LogP contribution < -0.4 is 4.74 Å². The molecule has 0 aliphatic heterocycles. The highest BCUT2D eigenvalue weighted by Gasteiger charge is 2.08. The van der Waals surface area contributed by atoms with Gasteiger partial charge in [0.05, 0.1) is 18.3 Å². The van der Waals surface area contributed by atoms with Crippen LogP contribution in [0.3, 0.4) is 0 Å². The molecule has 0 amide bonds. The van der Waals surface area contributed by atoms with E-state index in [1.807, 2.05) is 0 Å². The molecule has 1 N–H and O–H groups in total. The highest BCUT2D eigenvalue weighted by molar-refractivity contribution is 5.69. The number of aliphatic carboxylic acids is 1. The number of hydrogen-bond donors (Lipinski definition) is 1. The molecular formula is C7H6F2N2O3. The molecular weight excluding hydrogens is 198 g/mol. The van der Waals surface area contributed by atoms with E-state index in [4.69, 9.17) is 5.11 Å². The maximum Gasteiger partial charge on any atom is 0.388 e. The molecule has 1 aromatic rings. The molecule has 0 saturated heterocycles. The maximum atomic E-state index is 11.7. The molecule has 0 spiro atoms. The topological polar surface area (TPSA) is 72.3 Å². The van der Waals surface area contributed by atoms with Crippen LogP contribution in [0.25, 0.3) is 0 Å². The van der Waals surface area contributed by atoms with Gasteiger partial charge in [-0.25, -0.2) is 4.98 Å². The summed E-state index contributed by atoms with van der Waals surface area (Å²) in [5, 5.41) is 8.38. The summed E-state index contributed by atoms with van der Waals surface area (Å²) in [5.74, 6) is -1.51. The Morgan fingerprint density at radius 2 is 2.29 bits per heavy atom. The van der Waals surface area contributed by atoms with Crippen LogP contribution >= 0.6 is 0 Å². The van der Waals surface area contributed by atoms with Crippen LogP contribution in [-0.4, -0.2) is 27.7 Å². The average molecular weight is 204 g/mol. The Labute approximate surface area is 77.4 Å². The normalized spacial score (nSPS) is 10.2. The van der Waals surface area contributed by atoms with Crippen LogP contribution in [0.4, 0.5) is 8.78 Å². The minimum Gasteiger partial charge on any atom is -0.481 e. The second-order valence-corrected chi connectivity index (χ2v) is 2.30. The van der Waals surface area contributed by atoms with Crippen molar-refractivity contribution in [3.8, 4) is 5.88 Å². The van der Waals surface area contributed by atoms with E-state index >= 15 is 0 Å². The van der Waals surface area contributed by atoms with Crippen molar-refractivity contribution in [2.24, 2.45) is 0 Å². The summed E-state index contributed by atoms with van der Waals surface area (Å²) in [6.07, 6.45) is 1.78. The largest absolute Gasteiger partial charge is 0.481 e. The Morgan fingerprint density at radius 1 is 1.57 bits per heavy atom. The van der Waals surface area contributed by atoms with Gasteiger partial charge in [-0.3, -0.25) is 9.78 Å². The summed E-state index contributed by atoms with van der Waals surface area (Å²) in [7, 11) is 0. The van der Waals surface area contributed by atoms with E-state index in [1.54, 1.807) is 0 Å². The van der Waals surface area contributed by atoms with Gasteiger partial charge in [-0.05, 0) is 0 Å². The SMILES string of the molecule is O=C(O)Cc1cncc(OC(F)F)n1. The summed E-state index contributed by atoms with van der Waals surface area (Å²) < 4.78 is 27.4. The van der Waals surface area contributed by atoms with E-state index in [1.165, 1.54) is 6.20 Å². The van der Waals surface area contributed by atoms with Crippen molar-refractivity contribution < 1.29 is 23.4 Å². The zero-order valence-corrected chi connectivity index (χ0v) is 6.85. The minimum atomic E-state index is -3.00. The summed E-state index contributed by atoms with van der Waals surface area (Å²) in [4.78, 5) is 17.3. The number of nitrogens with zero attached hydrogens (tertiary/aromatic N) is 2. The number of carboxylic acids is 1. The number of aromatic nitrogens is 2. The average Bonchev–Trinajstić information content (AvgIpc) is 2.01. The third-order valence-corrected chi connectivity index (χ3v) is 1.20. The molecule has 0 atom stereocenters. The van der Waals surface area contributed by atoms with Gasteiger partial charge < -0.3 is 9.84 Å². The first-order valence-electron chi connectivity index (χ1n) is 3.55. The van der Waals surface area contributed by atoms with E-state index < -0.39 is 18.5 Å². The summed E-state index contributed by atoms with van der Waals surface area (Å²) in [6, 6.07) is 0. The zero-order chi connectivity index (χ0) is 10.6. The van der Waals surface area contributed by atoms with E-state index in [2.05, 4.69) is 14.7 Å². The van der Waals surface area contributed by atoms with Crippen LogP contribution in [0, 0.1) is 0 Å². The minimum absolute atomic E-state index is 0.0654. The van der Waals surface area contributed by atoms with Gasteiger partial charge >= 0.3 is 12.6 Å². The van der Waals surface area contributed by atoms with Gasteiger partial charge in [0.2, 0.25) is 5.88 Å². The highest BCUT2D eigenvalue weighted by atomic mass is 19.3. The molecule has 0 aliphatic carbocycles. The molecule has 76 valence electrons. The van der Waals surface area contributed by atoms with Crippen molar-refractivity contribution in [3.05, 3.63) is 18.1 Å². The molecule has 0 radical (unpaired) electrons. The summed E-state index contributed by atoms with van der Waals surface area (Å²) in [5.41, 5.74) is 0.0654. The second-order valence-electron chi connectivity index (χ2n) is 2.30. The van der Waals surface area contributed by atoms with Crippen molar-refractivity contribution in [1.29, 1.82) is 0 Å². The lowest BCUT2D eigenvalue weighted by Gasteiger charge is -2.03. The predicted molar refractivity (Wildman–Crippen MR) is 40.0 cm³/mol. The van der Waals surface area contributed by atoms with Gasteiger partial charge in [0.15, 0.2) is 0 Å². The van der Waals surface area contributed by atoms with Gasteiger partial charge in [-0.1, -0.05) is 0 Å². The first kappa shape index (κ1) is 10.3. The van der Waals surface area contributed by atoms with Gasteiger partial charge in [-0.15, -0.1) is 0 Å². The van der Waals surface area contributed by atoms with Gasteiger partial charge in [-0.2, -0.15) is 8.78 Å². The third kappa shape index (κ3) is 3.30. The Kier molecular flexibility index (Phi) is 3.27. The first-order chi connectivity index (χ1) is 6.58. The van der Waals surface area contributed by atoms with Crippen LogP contribution in [0.5, 0.6) is 5.88 Å². The van der Waals surface area contributed by atoms with Crippen LogP contribution in [0.1, 0.15) is 5.69 Å². The smallest absolute Gasteiger partial charge is 0.388 e. The van der Waals surface area contributed by atoms with E-state index in [0.29, 0.717) is 0 Å². The molecule has 0 saturated carbocycles. The van der Waals surface area contributed by atoms with Crippen LogP contribution in [-0.2, 0) is 11.2 Å². The van der Waals surface area contributed by atoms with Gasteiger partial charge in [0.25, 0.3) is 0 Å². The standard InChI is InChI=1S/C7H6F2N2O3/c8-7(9)14-5-3-10-2-4(11-5)1-6(12)13/h2-3,7H,1H2,(H,12,13). The first-order valence-corrected chi connectivity index (χ1v) is 3.55. The van der Waals surface area contributed by atoms with E-state index in [0.717, 1.165) is 6.20 Å². The number of rotatable bonds is 4. The molecule has 0 aromatic carbocycles. The fraction of sp³-hybridized carbons (Fsp3) is 0.286. The van der Waals surface area contributed by atoms with Crippen LogP contribution in [0.15, 0.2) is 12.4 Å². The summed E-state index contributed by atoms with van der Waals surface area (Å²) >= 11 is 0. The molecule has 5 nitrogen and oxygen atoms in total. The number of ether oxygens (including phenoxy) is 1. The van der Waals surface area contributed by atoms with Crippen LogP contribution in [0.2, 0.25) is 0 Å². The molecule has 0 unspecified atom stereocenters. The maximum absolute atomic E-state index is 11.7. The fourth-order valence-corrected chi connectivity index (χ4v) is 0.775. The number of hydrogen-bond acceptors (Lipinski definition) is 4. The molecule has 14 heavy (non-hydrogen) atoms. The Hall–Kier alpha value is -1.79. The van der Waals surface area contributed by atoms with Gasteiger partial charge in [0.1, 0.15) is 0 Å². The monoisotopic (exact) mass is 204 g/mol. The third-order valence-electron chi connectivity index (χ3n) is 1.20. The fourth-order valence-electron chi connectivity index (χ4n) is 0.775. The van der Waals surface area contributed by atoms with Crippen molar-refractivity contribution in [2.45, 2.75) is 13.0 Å². The molecule has 0 fully saturated rings. The second kappa shape index (κ2) is 4.45. The highest BCUT2D eigenvalue weighted by Crippen LogP contribution is 2.09. The lowest BCUT2D eigenvalue weighted by atomic mass is 10.3. The quantitative estimate of drug-likeness (QED) is 0.781. The predicted octanol–water partition coefficient (Wildman–Crippen LogP) is 0.705. The molecule has 0 aliphatic rings.